The molecule has 2 rings (SSSR count). The van der Waals surface area contributed by atoms with Crippen LogP contribution in [-0.4, -0.2) is 112 Å². The number of aliphatic hydroxyl groups excluding tert-OH is 1. The first-order valence-electron chi connectivity index (χ1n) is 17.9. The maximum atomic E-state index is 13.3. The molecule has 0 heterocycles. The van der Waals surface area contributed by atoms with E-state index in [9.17, 15) is 19.5 Å². The molecule has 0 bridgehead atoms. The highest BCUT2D eigenvalue weighted by Crippen LogP contribution is 2.25. The molecule has 0 aromatic heterocycles. The van der Waals surface area contributed by atoms with Crippen molar-refractivity contribution in [2.24, 2.45) is 5.73 Å². The van der Waals surface area contributed by atoms with Gasteiger partial charge in [0.2, 0.25) is 25.0 Å². The summed E-state index contributed by atoms with van der Waals surface area (Å²) in [6.07, 6.45) is 1.34. The van der Waals surface area contributed by atoms with E-state index in [1.54, 1.807) is 4.90 Å². The molecule has 2 amide bonds. The first-order valence-corrected chi connectivity index (χ1v) is 29.8. The Morgan fingerprint density at radius 2 is 1.31 bits per heavy atom. The quantitative estimate of drug-likeness (QED) is 0.0947. The van der Waals surface area contributed by atoms with Gasteiger partial charge in [-0.15, -0.1) is 0 Å². The van der Waals surface area contributed by atoms with Crippen molar-refractivity contribution in [3.05, 3.63) is 71.8 Å². The van der Waals surface area contributed by atoms with E-state index in [-0.39, 0.29) is 32.5 Å². The Morgan fingerprint density at radius 3 is 1.88 bits per heavy atom. The molecule has 0 aliphatic heterocycles. The topological polar surface area (TPSA) is 162 Å². The molecule has 51 heavy (non-hydrogen) atoms. The summed E-state index contributed by atoms with van der Waals surface area (Å²) in [6, 6.07) is 21.2. The van der Waals surface area contributed by atoms with Gasteiger partial charge in [0.05, 0.1) is 18.7 Å². The lowest BCUT2D eigenvalue weighted by Gasteiger charge is -2.36. The molecule has 2 atom stereocenters. The van der Waals surface area contributed by atoms with Crippen molar-refractivity contribution in [3.8, 4) is 0 Å². The molecule has 0 saturated carbocycles. The number of aliphatic hydroxyl groups is 1. The third kappa shape index (κ3) is 19.9. The SMILES string of the molecule is C[Si](C)(O)CO[Si](C)(CCCN)CO[Si](C)(CCCN(CCNC(=O)OCc1ccccc1)C(=O)OCc1ccccc1)CCO[Si](C)(C)CO. The van der Waals surface area contributed by atoms with Gasteiger partial charge in [0.1, 0.15) is 13.2 Å². The number of alkyl carbamates (subject to hydrolysis) is 1. The summed E-state index contributed by atoms with van der Waals surface area (Å²) in [4.78, 5) is 37.9. The fourth-order valence-electron chi connectivity index (χ4n) is 5.01. The van der Waals surface area contributed by atoms with Crippen molar-refractivity contribution >= 4 is 45.5 Å². The van der Waals surface area contributed by atoms with Crippen molar-refractivity contribution in [2.45, 2.75) is 83.5 Å². The monoisotopic (exact) mass is 781 g/mol. The molecule has 12 nitrogen and oxygen atoms in total. The fraction of sp³-hybridized carbons (Fsp3) is 0.600. The van der Waals surface area contributed by atoms with E-state index in [0.717, 1.165) is 35.7 Å². The Kier molecular flexibility index (Phi) is 19.9. The van der Waals surface area contributed by atoms with Gasteiger partial charge < -0.3 is 48.6 Å². The van der Waals surface area contributed by atoms with Crippen LogP contribution in [-0.2, 0) is 36.0 Å². The Hall–Kier alpha value is -2.39. The van der Waals surface area contributed by atoms with Crippen LogP contribution < -0.4 is 11.1 Å². The highest BCUT2D eigenvalue weighted by Gasteiger charge is 2.37. The van der Waals surface area contributed by atoms with Crippen LogP contribution in [0.2, 0.25) is 57.4 Å². The number of benzene rings is 2. The minimum atomic E-state index is -2.43. The fourth-order valence-corrected chi connectivity index (χ4v) is 14.7. The van der Waals surface area contributed by atoms with E-state index in [2.05, 4.69) is 18.4 Å². The summed E-state index contributed by atoms with van der Waals surface area (Å²) in [6.45, 7) is 14.2. The number of hydrogen-bond acceptors (Lipinski definition) is 10. The number of ether oxygens (including phenoxy) is 2. The smallest absolute Gasteiger partial charge is 0.410 e. The lowest BCUT2D eigenvalue weighted by Crippen LogP contribution is -2.50. The summed E-state index contributed by atoms with van der Waals surface area (Å²) < 4.78 is 30.5. The molecule has 16 heteroatoms. The molecule has 2 unspecified atom stereocenters. The van der Waals surface area contributed by atoms with Gasteiger partial charge in [0.15, 0.2) is 8.32 Å². The van der Waals surface area contributed by atoms with E-state index in [1.165, 1.54) is 0 Å². The number of nitrogens with zero attached hydrogens (tertiary/aromatic N) is 1. The lowest BCUT2D eigenvalue weighted by atomic mass is 10.2. The van der Waals surface area contributed by atoms with Crippen LogP contribution >= 0.6 is 0 Å². The molecule has 0 fully saturated rings. The van der Waals surface area contributed by atoms with Crippen molar-refractivity contribution in [1.82, 2.24) is 10.2 Å². The zero-order valence-electron chi connectivity index (χ0n) is 31.7. The van der Waals surface area contributed by atoms with Gasteiger partial charge in [0.25, 0.3) is 0 Å². The second-order valence-corrected chi connectivity index (χ2v) is 31.0. The summed E-state index contributed by atoms with van der Waals surface area (Å²) in [5.41, 5.74) is 7.64. The summed E-state index contributed by atoms with van der Waals surface area (Å²) in [5.74, 6) is 0. The van der Waals surface area contributed by atoms with Crippen LogP contribution in [0.4, 0.5) is 9.59 Å². The highest BCUT2D eigenvalue weighted by atomic mass is 28.4. The summed E-state index contributed by atoms with van der Waals surface area (Å²) >= 11 is 0. The number of amides is 2. The lowest BCUT2D eigenvalue weighted by molar-refractivity contribution is 0.0949. The van der Waals surface area contributed by atoms with E-state index in [1.807, 2.05) is 86.9 Å². The van der Waals surface area contributed by atoms with Gasteiger partial charge in [-0.3, -0.25) is 0 Å². The van der Waals surface area contributed by atoms with Gasteiger partial charge in [0, 0.05) is 26.2 Å². The number of carbonyl (C=O) groups is 2. The van der Waals surface area contributed by atoms with Gasteiger partial charge in [-0.2, -0.15) is 0 Å². The highest BCUT2D eigenvalue weighted by molar-refractivity contribution is 6.77. The standard InChI is InChI=1S/C35H63N3O9Si4/c1-48(2,42)30-46-51(6,24-13-19-36)31-47-50(5,26-23-45-49(3,4)29-39)25-14-21-38(35(41)44-28-33-17-11-8-12-18-33)22-20-37-34(40)43-27-32-15-9-7-10-16-32/h7-12,15-18,39,42H,13-14,19-31,36H2,1-6H3,(H,37,40). The molecule has 0 spiro atoms. The average molecular weight is 782 g/mol. The maximum absolute atomic E-state index is 13.3. The van der Waals surface area contributed by atoms with E-state index in [0.29, 0.717) is 38.6 Å². The molecular weight excluding hydrogens is 719 g/mol. The Morgan fingerprint density at radius 1 is 0.745 bits per heavy atom. The number of carbonyl (C=O) groups excluding carboxylic acids is 2. The van der Waals surface area contributed by atoms with E-state index < -0.39 is 45.5 Å². The molecule has 5 N–H and O–H groups in total. The number of rotatable bonds is 25. The maximum Gasteiger partial charge on any atom is 0.410 e. The number of nitrogens with two attached hydrogens (primary N) is 1. The normalized spacial score (nSPS) is 14.3. The largest absolute Gasteiger partial charge is 0.445 e. The van der Waals surface area contributed by atoms with Crippen LogP contribution in [0.25, 0.3) is 0 Å². The van der Waals surface area contributed by atoms with Crippen molar-refractivity contribution < 1.29 is 42.2 Å². The average Bonchev–Trinajstić information content (AvgIpc) is 3.10. The number of nitrogens with one attached hydrogen (secondary N) is 1. The summed E-state index contributed by atoms with van der Waals surface area (Å²) in [7, 11) is -9.39. The third-order valence-corrected chi connectivity index (χ3v) is 18.1. The van der Waals surface area contributed by atoms with Gasteiger partial charge >= 0.3 is 12.2 Å². The third-order valence-electron chi connectivity index (χ3n) is 8.37. The molecule has 0 aliphatic rings. The number of hydrogen-bond donors (Lipinski definition) is 4. The minimum absolute atomic E-state index is 0.0404. The van der Waals surface area contributed by atoms with Crippen LogP contribution in [0.1, 0.15) is 24.0 Å². The summed E-state index contributed by atoms with van der Waals surface area (Å²) in [5, 5.41) is 12.5. The Balaban J connectivity index is 2.11. The molecule has 0 aliphatic carbocycles. The van der Waals surface area contributed by atoms with Crippen LogP contribution in [0.3, 0.4) is 0 Å². The van der Waals surface area contributed by atoms with Crippen LogP contribution in [0.15, 0.2) is 60.7 Å². The molecule has 0 radical (unpaired) electrons. The van der Waals surface area contributed by atoms with Crippen molar-refractivity contribution in [2.75, 3.05) is 51.5 Å². The van der Waals surface area contributed by atoms with Crippen molar-refractivity contribution in [3.63, 3.8) is 0 Å². The van der Waals surface area contributed by atoms with Gasteiger partial charge in [-0.05, 0) is 87.9 Å². The second kappa shape index (κ2) is 22.6. The van der Waals surface area contributed by atoms with E-state index >= 15 is 0 Å². The zero-order chi connectivity index (χ0) is 37.8. The van der Waals surface area contributed by atoms with Crippen LogP contribution in [0, 0.1) is 0 Å². The second-order valence-electron chi connectivity index (χ2n) is 14.8. The predicted octanol–water partition coefficient (Wildman–Crippen LogP) is 5.50. The molecule has 2 aromatic rings. The minimum Gasteiger partial charge on any atom is -0.445 e. The van der Waals surface area contributed by atoms with Crippen LogP contribution in [0.5, 0.6) is 0 Å². The van der Waals surface area contributed by atoms with Crippen molar-refractivity contribution in [1.29, 1.82) is 0 Å². The van der Waals surface area contributed by atoms with Gasteiger partial charge in [-0.1, -0.05) is 60.7 Å². The Labute approximate surface area is 309 Å². The first-order chi connectivity index (χ1) is 24.1. The first kappa shape index (κ1) is 44.8. The molecule has 2 aromatic carbocycles. The molecular formula is C35H63N3O9Si4. The Bertz CT molecular complexity index is 1280. The van der Waals surface area contributed by atoms with E-state index in [4.69, 9.17) is 28.5 Å². The zero-order valence-corrected chi connectivity index (χ0v) is 35.7. The van der Waals surface area contributed by atoms with Gasteiger partial charge in [-0.25, -0.2) is 9.59 Å². The molecule has 0 saturated heterocycles. The predicted molar refractivity (Wildman–Crippen MR) is 211 cm³/mol. The molecule has 288 valence electrons.